The number of nitrogens with zero attached hydrogens (tertiary/aromatic N) is 4. The fourth-order valence-electron chi connectivity index (χ4n) is 2.65. The summed E-state index contributed by atoms with van der Waals surface area (Å²) in [6, 6.07) is 2.15. The van der Waals surface area contributed by atoms with E-state index in [1.54, 1.807) is 0 Å². The van der Waals surface area contributed by atoms with Gasteiger partial charge in [0.15, 0.2) is 0 Å². The predicted molar refractivity (Wildman–Crippen MR) is 80.9 cm³/mol. The summed E-state index contributed by atoms with van der Waals surface area (Å²) in [4.78, 5) is 13.9. The Morgan fingerprint density at radius 3 is 2.42 bits per heavy atom. The lowest BCUT2D eigenvalue weighted by Crippen LogP contribution is -2.34. The van der Waals surface area contributed by atoms with E-state index >= 15 is 0 Å². The first-order valence-electron chi connectivity index (χ1n) is 7.49. The van der Waals surface area contributed by atoms with E-state index in [4.69, 9.17) is 0 Å². The maximum atomic E-state index is 4.62. The highest BCUT2D eigenvalue weighted by Gasteiger charge is 2.18. The summed E-state index contributed by atoms with van der Waals surface area (Å²) in [6.45, 7) is 12.9. The molecule has 2 heterocycles. The average molecular weight is 262 g/mol. The van der Waals surface area contributed by atoms with Crippen LogP contribution in [0.5, 0.6) is 0 Å². The molecule has 0 atom stereocenters. The average Bonchev–Trinajstić information content (AvgIpc) is 2.40. The smallest absolute Gasteiger partial charge is 0.134 e. The topological polar surface area (TPSA) is 32.3 Å². The number of piperidine rings is 1. The first kappa shape index (κ1) is 14.1. The molecule has 19 heavy (non-hydrogen) atoms. The highest BCUT2D eigenvalue weighted by Crippen LogP contribution is 2.24. The Kier molecular flexibility index (Phi) is 4.61. The molecule has 1 saturated heterocycles. The maximum absolute atomic E-state index is 4.62. The number of hydrogen-bond donors (Lipinski definition) is 0. The zero-order chi connectivity index (χ0) is 13.8. The van der Waals surface area contributed by atoms with Crippen LogP contribution in [-0.2, 0) is 0 Å². The molecule has 0 amide bonds. The summed E-state index contributed by atoms with van der Waals surface area (Å²) in [7, 11) is 0. The van der Waals surface area contributed by atoms with E-state index in [9.17, 15) is 0 Å². The van der Waals surface area contributed by atoms with Gasteiger partial charge in [0.05, 0.1) is 0 Å². The lowest BCUT2D eigenvalue weighted by atomic mass is 9.99. The van der Waals surface area contributed by atoms with Crippen LogP contribution in [0.1, 0.15) is 39.4 Å². The molecule has 1 aromatic heterocycles. The van der Waals surface area contributed by atoms with Gasteiger partial charge in [-0.05, 0) is 39.5 Å². The fourth-order valence-corrected chi connectivity index (χ4v) is 2.65. The molecule has 1 aliphatic rings. The largest absolute Gasteiger partial charge is 0.357 e. The second kappa shape index (κ2) is 6.22. The van der Waals surface area contributed by atoms with Crippen LogP contribution < -0.4 is 9.80 Å². The van der Waals surface area contributed by atoms with Gasteiger partial charge in [-0.25, -0.2) is 9.97 Å². The summed E-state index contributed by atoms with van der Waals surface area (Å²) < 4.78 is 0. The van der Waals surface area contributed by atoms with Crippen LogP contribution >= 0.6 is 0 Å². The van der Waals surface area contributed by atoms with Crippen molar-refractivity contribution < 1.29 is 0 Å². The van der Waals surface area contributed by atoms with Gasteiger partial charge in [-0.3, -0.25) is 0 Å². The van der Waals surface area contributed by atoms with Crippen LogP contribution in [0.4, 0.5) is 11.6 Å². The summed E-state index contributed by atoms with van der Waals surface area (Å²) in [6.07, 6.45) is 2.54. The van der Waals surface area contributed by atoms with Gasteiger partial charge in [0, 0.05) is 32.2 Å². The van der Waals surface area contributed by atoms with Crippen molar-refractivity contribution in [3.8, 4) is 0 Å². The minimum absolute atomic E-state index is 0.849. The minimum atomic E-state index is 0.849. The standard InChI is InChI=1S/C15H26N4/c1-5-18(6-2)14-11-15(17-13(4)16-14)19-9-7-12(3)8-10-19/h11-12H,5-10H2,1-4H3. The second-order valence-corrected chi connectivity index (χ2v) is 5.47. The van der Waals surface area contributed by atoms with Crippen LogP contribution in [-0.4, -0.2) is 36.1 Å². The zero-order valence-corrected chi connectivity index (χ0v) is 12.7. The normalized spacial score (nSPS) is 16.7. The maximum Gasteiger partial charge on any atom is 0.134 e. The first-order chi connectivity index (χ1) is 9.13. The molecule has 106 valence electrons. The molecule has 4 nitrogen and oxygen atoms in total. The van der Waals surface area contributed by atoms with Gasteiger partial charge in [-0.15, -0.1) is 0 Å². The van der Waals surface area contributed by atoms with Gasteiger partial charge in [-0.2, -0.15) is 0 Å². The molecule has 0 unspecified atom stereocenters. The van der Waals surface area contributed by atoms with Crippen LogP contribution in [0.15, 0.2) is 6.07 Å². The van der Waals surface area contributed by atoms with E-state index in [0.29, 0.717) is 0 Å². The van der Waals surface area contributed by atoms with Crippen LogP contribution in [0.2, 0.25) is 0 Å². The Morgan fingerprint density at radius 1 is 1.21 bits per heavy atom. The van der Waals surface area contributed by atoms with Crippen LogP contribution in [0.3, 0.4) is 0 Å². The molecule has 2 rings (SSSR count). The Balaban J connectivity index is 2.21. The lowest BCUT2D eigenvalue weighted by molar-refractivity contribution is 0.436. The van der Waals surface area contributed by atoms with Gasteiger partial charge in [0.25, 0.3) is 0 Å². The Bertz CT molecular complexity index is 407. The fraction of sp³-hybridized carbons (Fsp3) is 0.733. The van der Waals surface area contributed by atoms with Gasteiger partial charge in [0.2, 0.25) is 0 Å². The summed E-state index contributed by atoms with van der Waals surface area (Å²) in [5.74, 6) is 3.88. The van der Waals surface area contributed by atoms with Crippen LogP contribution in [0, 0.1) is 12.8 Å². The third-order valence-corrected chi connectivity index (χ3v) is 4.01. The molecule has 0 aliphatic carbocycles. The Labute approximate surface area is 116 Å². The van der Waals surface area contributed by atoms with E-state index in [0.717, 1.165) is 49.6 Å². The van der Waals surface area contributed by atoms with E-state index < -0.39 is 0 Å². The van der Waals surface area contributed by atoms with Crippen LogP contribution in [0.25, 0.3) is 0 Å². The Morgan fingerprint density at radius 2 is 1.84 bits per heavy atom. The Hall–Kier alpha value is -1.32. The number of rotatable bonds is 4. The highest BCUT2D eigenvalue weighted by molar-refractivity contribution is 5.51. The monoisotopic (exact) mass is 262 g/mol. The summed E-state index contributed by atoms with van der Waals surface area (Å²) >= 11 is 0. The van der Waals surface area contributed by atoms with Crippen molar-refractivity contribution in [3.05, 3.63) is 11.9 Å². The van der Waals surface area contributed by atoms with Crippen molar-refractivity contribution in [2.75, 3.05) is 36.0 Å². The molecule has 4 heteroatoms. The highest BCUT2D eigenvalue weighted by atomic mass is 15.2. The van der Waals surface area contributed by atoms with Crippen molar-refractivity contribution >= 4 is 11.6 Å². The molecule has 1 fully saturated rings. The molecule has 0 aromatic carbocycles. The molecular formula is C15H26N4. The predicted octanol–water partition coefficient (Wildman–Crippen LogP) is 2.87. The first-order valence-corrected chi connectivity index (χ1v) is 7.49. The quantitative estimate of drug-likeness (QED) is 0.835. The van der Waals surface area contributed by atoms with Gasteiger partial charge in [-0.1, -0.05) is 6.92 Å². The molecule has 1 aliphatic heterocycles. The number of aromatic nitrogens is 2. The molecule has 0 radical (unpaired) electrons. The van der Waals surface area contributed by atoms with Gasteiger partial charge in [0.1, 0.15) is 17.5 Å². The summed E-state index contributed by atoms with van der Waals surface area (Å²) in [5, 5.41) is 0. The number of anilines is 2. The molecule has 0 spiro atoms. The molecule has 0 N–H and O–H groups in total. The van der Waals surface area contributed by atoms with E-state index in [2.05, 4.69) is 46.6 Å². The van der Waals surface area contributed by atoms with Crippen molar-refractivity contribution in [2.24, 2.45) is 5.92 Å². The molecule has 0 bridgehead atoms. The lowest BCUT2D eigenvalue weighted by Gasteiger charge is -2.32. The van der Waals surface area contributed by atoms with E-state index in [1.165, 1.54) is 12.8 Å². The number of hydrogen-bond acceptors (Lipinski definition) is 4. The zero-order valence-electron chi connectivity index (χ0n) is 12.7. The second-order valence-electron chi connectivity index (χ2n) is 5.47. The van der Waals surface area contributed by atoms with E-state index in [1.807, 2.05) is 6.92 Å². The number of aryl methyl sites for hydroxylation is 1. The minimum Gasteiger partial charge on any atom is -0.357 e. The van der Waals surface area contributed by atoms with Crippen molar-refractivity contribution in [1.29, 1.82) is 0 Å². The third-order valence-electron chi connectivity index (χ3n) is 4.01. The molecular weight excluding hydrogens is 236 g/mol. The molecule has 0 saturated carbocycles. The molecule has 1 aromatic rings. The third kappa shape index (κ3) is 3.37. The van der Waals surface area contributed by atoms with Gasteiger partial charge < -0.3 is 9.80 Å². The van der Waals surface area contributed by atoms with Crippen molar-refractivity contribution in [3.63, 3.8) is 0 Å². The summed E-state index contributed by atoms with van der Waals surface area (Å²) in [5.41, 5.74) is 0. The van der Waals surface area contributed by atoms with E-state index in [-0.39, 0.29) is 0 Å². The van der Waals surface area contributed by atoms with Gasteiger partial charge >= 0.3 is 0 Å². The van der Waals surface area contributed by atoms with Crippen molar-refractivity contribution in [2.45, 2.75) is 40.5 Å². The SMILES string of the molecule is CCN(CC)c1cc(N2CCC(C)CC2)nc(C)n1. The van der Waals surface area contributed by atoms with Crippen molar-refractivity contribution in [1.82, 2.24) is 9.97 Å².